The zero-order valence-corrected chi connectivity index (χ0v) is 18.1. The molecule has 162 valence electrons. The normalized spacial score (nSPS) is 10.8. The number of rotatable bonds is 4. The number of hydrazine groups is 1. The summed E-state index contributed by atoms with van der Waals surface area (Å²) in [7, 11) is 0. The molecule has 5 aromatic rings. The summed E-state index contributed by atoms with van der Waals surface area (Å²) >= 11 is 1.15. The smallest absolute Gasteiger partial charge is 0.281 e. The molecule has 2 amide bonds. The zero-order valence-electron chi connectivity index (χ0n) is 17.3. The van der Waals surface area contributed by atoms with Gasteiger partial charge >= 0.3 is 0 Å². The number of fused-ring (bicyclic) bond motifs is 1. The van der Waals surface area contributed by atoms with E-state index in [0.29, 0.717) is 49.3 Å². The van der Waals surface area contributed by atoms with E-state index in [9.17, 15) is 9.59 Å². The molecule has 4 aromatic heterocycles. The minimum Gasteiger partial charge on any atom is -0.463 e. The molecule has 0 radical (unpaired) electrons. The zero-order chi connectivity index (χ0) is 22.8. The maximum atomic E-state index is 13.0. The molecule has 1 aromatic carbocycles. The Hall–Kier alpha value is -4.44. The average molecular weight is 456 g/mol. The fraction of sp³-hybridized carbons (Fsp3) is 0.0435. The monoisotopic (exact) mass is 456 g/mol. The summed E-state index contributed by atoms with van der Waals surface area (Å²) in [4.78, 5) is 43.4. The highest BCUT2D eigenvalue weighted by atomic mass is 32.1. The SMILES string of the molecule is Cc1nc(-c2ncccn2)sc1C(=O)NNC(=O)c1cc(-c2ccco2)nc2ccccc12. The Kier molecular flexibility index (Phi) is 5.33. The molecule has 0 atom stereocenters. The van der Waals surface area contributed by atoms with Crippen LogP contribution in [0.15, 0.2) is 71.6 Å². The number of pyridine rings is 1. The molecule has 9 nitrogen and oxygen atoms in total. The van der Waals surface area contributed by atoms with Crippen molar-refractivity contribution in [2.45, 2.75) is 6.92 Å². The third-order valence-electron chi connectivity index (χ3n) is 4.78. The number of nitrogens with one attached hydrogen (secondary N) is 2. The molecule has 0 aliphatic carbocycles. The lowest BCUT2D eigenvalue weighted by Crippen LogP contribution is -2.41. The van der Waals surface area contributed by atoms with Gasteiger partial charge in [-0.1, -0.05) is 18.2 Å². The van der Waals surface area contributed by atoms with Gasteiger partial charge in [-0.05, 0) is 37.3 Å². The van der Waals surface area contributed by atoms with E-state index in [1.54, 1.807) is 49.6 Å². The van der Waals surface area contributed by atoms with Crippen LogP contribution in [-0.2, 0) is 0 Å². The number of hydrogen-bond acceptors (Lipinski definition) is 8. The van der Waals surface area contributed by atoms with Gasteiger partial charge in [0.2, 0.25) is 0 Å². The highest BCUT2D eigenvalue weighted by Crippen LogP contribution is 2.26. The first-order chi connectivity index (χ1) is 16.1. The van der Waals surface area contributed by atoms with Crippen LogP contribution in [0, 0.1) is 6.92 Å². The van der Waals surface area contributed by atoms with Crippen LogP contribution >= 0.6 is 11.3 Å². The van der Waals surface area contributed by atoms with Crippen molar-refractivity contribution in [3.8, 4) is 22.3 Å². The van der Waals surface area contributed by atoms with Gasteiger partial charge in [-0.2, -0.15) is 0 Å². The van der Waals surface area contributed by atoms with Gasteiger partial charge in [-0.15, -0.1) is 11.3 Å². The number of thiazole rings is 1. The number of para-hydroxylation sites is 1. The number of carbonyl (C=O) groups excluding carboxylic acids is 2. The third-order valence-corrected chi connectivity index (χ3v) is 5.94. The number of hydrogen-bond donors (Lipinski definition) is 2. The number of carbonyl (C=O) groups is 2. The quantitative estimate of drug-likeness (QED) is 0.394. The van der Waals surface area contributed by atoms with Crippen LogP contribution in [0.5, 0.6) is 0 Å². The van der Waals surface area contributed by atoms with Gasteiger partial charge in [0, 0.05) is 17.8 Å². The second kappa shape index (κ2) is 8.60. The van der Waals surface area contributed by atoms with Crippen molar-refractivity contribution in [2.24, 2.45) is 0 Å². The molecular weight excluding hydrogens is 440 g/mol. The predicted octanol–water partition coefficient (Wildman–Crippen LogP) is 3.79. The topological polar surface area (TPSA) is 123 Å². The van der Waals surface area contributed by atoms with Crippen LogP contribution in [0.3, 0.4) is 0 Å². The molecule has 0 aliphatic rings. The van der Waals surface area contributed by atoms with Crippen molar-refractivity contribution in [1.82, 2.24) is 30.8 Å². The van der Waals surface area contributed by atoms with Gasteiger partial charge in [0.25, 0.3) is 11.8 Å². The molecule has 0 saturated carbocycles. The summed E-state index contributed by atoms with van der Waals surface area (Å²) in [5, 5.41) is 1.17. The maximum absolute atomic E-state index is 13.0. The molecule has 33 heavy (non-hydrogen) atoms. The highest BCUT2D eigenvalue weighted by molar-refractivity contribution is 7.17. The number of benzene rings is 1. The van der Waals surface area contributed by atoms with E-state index < -0.39 is 11.8 Å². The first-order valence-corrected chi connectivity index (χ1v) is 10.7. The molecule has 0 bridgehead atoms. The van der Waals surface area contributed by atoms with E-state index >= 15 is 0 Å². The molecular formula is C23H16N6O3S. The lowest BCUT2D eigenvalue weighted by Gasteiger charge is -2.10. The van der Waals surface area contributed by atoms with Crippen LogP contribution in [0.1, 0.15) is 25.7 Å². The number of nitrogens with zero attached hydrogens (tertiary/aromatic N) is 4. The molecule has 0 unspecified atom stereocenters. The minimum atomic E-state index is -0.483. The Morgan fingerprint density at radius 1 is 0.939 bits per heavy atom. The van der Waals surface area contributed by atoms with Gasteiger partial charge in [-0.3, -0.25) is 20.4 Å². The van der Waals surface area contributed by atoms with E-state index in [-0.39, 0.29) is 0 Å². The highest BCUT2D eigenvalue weighted by Gasteiger charge is 2.20. The minimum absolute atomic E-state index is 0.353. The predicted molar refractivity (Wildman–Crippen MR) is 122 cm³/mol. The number of aromatic nitrogens is 4. The van der Waals surface area contributed by atoms with Crippen molar-refractivity contribution in [1.29, 1.82) is 0 Å². The first kappa shape index (κ1) is 20.5. The maximum Gasteiger partial charge on any atom is 0.281 e. The summed E-state index contributed by atoms with van der Waals surface area (Å²) < 4.78 is 5.43. The average Bonchev–Trinajstić information content (AvgIpc) is 3.52. The van der Waals surface area contributed by atoms with Gasteiger partial charge in [0.1, 0.15) is 10.6 Å². The molecule has 0 spiro atoms. The Bertz CT molecular complexity index is 1460. The Morgan fingerprint density at radius 3 is 2.52 bits per heavy atom. The number of furan rings is 1. The summed E-state index contributed by atoms with van der Waals surface area (Å²) in [5.41, 5.74) is 6.98. The Morgan fingerprint density at radius 2 is 1.73 bits per heavy atom. The van der Waals surface area contributed by atoms with E-state index in [4.69, 9.17) is 4.42 Å². The summed E-state index contributed by atoms with van der Waals surface area (Å²) in [6.07, 6.45) is 4.75. The molecule has 4 heterocycles. The van der Waals surface area contributed by atoms with Crippen molar-refractivity contribution < 1.29 is 14.0 Å². The fourth-order valence-electron chi connectivity index (χ4n) is 3.26. The summed E-state index contributed by atoms with van der Waals surface area (Å²) in [5.74, 6) is 0.00544. The second-order valence-corrected chi connectivity index (χ2v) is 7.96. The lowest BCUT2D eigenvalue weighted by molar-refractivity contribution is 0.0849. The van der Waals surface area contributed by atoms with Gasteiger partial charge < -0.3 is 4.42 Å². The third kappa shape index (κ3) is 4.06. The van der Waals surface area contributed by atoms with Crippen molar-refractivity contribution in [2.75, 3.05) is 0 Å². The Balaban J connectivity index is 1.39. The fourth-order valence-corrected chi connectivity index (χ4v) is 4.17. The second-order valence-electron chi connectivity index (χ2n) is 6.96. The van der Waals surface area contributed by atoms with Gasteiger partial charge in [-0.25, -0.2) is 19.9 Å². The number of aryl methyl sites for hydroxylation is 1. The van der Waals surface area contributed by atoms with E-state index in [1.807, 2.05) is 18.2 Å². The Labute approximate surface area is 191 Å². The van der Waals surface area contributed by atoms with Crippen molar-refractivity contribution in [3.05, 3.63) is 83.3 Å². The molecule has 10 heteroatoms. The van der Waals surface area contributed by atoms with E-state index in [0.717, 1.165) is 11.3 Å². The first-order valence-electron chi connectivity index (χ1n) is 9.89. The van der Waals surface area contributed by atoms with Gasteiger partial charge in [0.05, 0.1) is 23.0 Å². The largest absolute Gasteiger partial charge is 0.463 e. The lowest BCUT2D eigenvalue weighted by atomic mass is 10.1. The van der Waals surface area contributed by atoms with Crippen LogP contribution < -0.4 is 10.9 Å². The van der Waals surface area contributed by atoms with E-state index in [1.165, 1.54) is 6.26 Å². The van der Waals surface area contributed by atoms with Crippen molar-refractivity contribution >= 4 is 34.1 Å². The molecule has 2 N–H and O–H groups in total. The molecule has 5 rings (SSSR count). The molecule has 0 aliphatic heterocycles. The summed E-state index contributed by atoms with van der Waals surface area (Å²) in [6, 6.07) is 14.1. The van der Waals surface area contributed by atoms with Crippen LogP contribution in [0.4, 0.5) is 0 Å². The number of amides is 2. The van der Waals surface area contributed by atoms with Crippen molar-refractivity contribution in [3.63, 3.8) is 0 Å². The van der Waals surface area contributed by atoms with Gasteiger partial charge in [0.15, 0.2) is 16.6 Å². The summed E-state index contributed by atoms with van der Waals surface area (Å²) in [6.45, 7) is 1.71. The van der Waals surface area contributed by atoms with Crippen LogP contribution in [0.25, 0.3) is 33.2 Å². The molecule has 0 fully saturated rings. The standard InChI is InChI=1S/C23H16N6O3S/c1-13-19(33-23(26-13)20-24-9-5-10-25-20)22(31)29-28-21(30)15-12-17(18-8-4-11-32-18)27-16-7-3-2-6-14(15)16/h2-12H,1H3,(H,28,30)(H,29,31). The van der Waals surface area contributed by atoms with E-state index in [2.05, 4.69) is 30.8 Å². The van der Waals surface area contributed by atoms with Crippen LogP contribution in [0.2, 0.25) is 0 Å². The molecule has 0 saturated heterocycles. The van der Waals surface area contributed by atoms with Crippen LogP contribution in [-0.4, -0.2) is 31.8 Å².